The van der Waals surface area contributed by atoms with Gasteiger partial charge in [-0.05, 0) is 52.5 Å². The largest absolute Gasteiger partial charge is 0.393 e. The van der Waals surface area contributed by atoms with Crippen LogP contribution in [0.25, 0.3) is 0 Å². The van der Waals surface area contributed by atoms with Crippen LogP contribution >= 0.6 is 0 Å². The van der Waals surface area contributed by atoms with Crippen LogP contribution in [0, 0.1) is 5.92 Å². The average molecular weight is 269 g/mol. The van der Waals surface area contributed by atoms with Crippen LogP contribution in [0.3, 0.4) is 0 Å². The number of piperidine rings is 1. The fraction of sp³-hybridized carbons (Fsp3) is 0.765. The summed E-state index contributed by atoms with van der Waals surface area (Å²) in [4.78, 5) is 0. The minimum atomic E-state index is -0.0590. The number of allylic oxidation sites excluding steroid dienone is 4. The Labute approximate surface area is 121 Å². The van der Waals surface area contributed by atoms with Gasteiger partial charge in [0.05, 0.1) is 6.10 Å². The third-order valence-corrected chi connectivity index (χ3v) is 3.26. The molecule has 0 spiro atoms. The van der Waals surface area contributed by atoms with Crippen molar-refractivity contribution in [2.75, 3.05) is 13.1 Å². The van der Waals surface area contributed by atoms with Gasteiger partial charge < -0.3 is 10.4 Å². The van der Waals surface area contributed by atoms with Crippen LogP contribution in [-0.4, -0.2) is 24.3 Å². The monoisotopic (exact) mass is 269 g/mol. The number of aliphatic hydroxyl groups excluding tert-OH is 1. The Morgan fingerprint density at radius 1 is 1.32 bits per heavy atom. The van der Waals surface area contributed by atoms with Crippen molar-refractivity contribution < 1.29 is 5.11 Å². The summed E-state index contributed by atoms with van der Waals surface area (Å²) in [5, 5.41) is 12.3. The molecule has 0 amide bonds. The molecule has 1 saturated heterocycles. The van der Waals surface area contributed by atoms with E-state index in [1.165, 1.54) is 12.0 Å². The second kappa shape index (κ2) is 15.5. The lowest BCUT2D eigenvalue weighted by Crippen LogP contribution is -2.38. The zero-order valence-corrected chi connectivity index (χ0v) is 13.9. The van der Waals surface area contributed by atoms with Gasteiger partial charge in [-0.3, -0.25) is 0 Å². The van der Waals surface area contributed by atoms with Crippen molar-refractivity contribution in [3.8, 4) is 0 Å². The Kier molecular flexibility index (Phi) is 16.9. The van der Waals surface area contributed by atoms with Gasteiger partial charge in [0.2, 0.25) is 0 Å². The normalized spacial score (nSPS) is 23.2. The maximum Gasteiger partial charge on any atom is 0.0590 e. The standard InChI is InChI=1S/C6H13NO.C6H12.C5H10/c1-5-4-7-3-2-6(5)8;1-4-6(3)5-2;1-3-5-4-2/h5-8H,2-4H2,1H3;4H,5H2,1-3H3;3,5H,4H2,1-2H3/b;6-4-;5-3-. The molecule has 19 heavy (non-hydrogen) atoms. The molecule has 0 bridgehead atoms. The number of nitrogens with one attached hydrogen (secondary N) is 1. The predicted octanol–water partition coefficient (Wildman–Crippen LogP) is 4.31. The summed E-state index contributed by atoms with van der Waals surface area (Å²) < 4.78 is 0. The molecule has 2 atom stereocenters. The lowest BCUT2D eigenvalue weighted by Gasteiger charge is -2.24. The first-order valence-electron chi connectivity index (χ1n) is 7.65. The van der Waals surface area contributed by atoms with Crippen LogP contribution in [0.1, 0.15) is 60.8 Å². The minimum Gasteiger partial charge on any atom is -0.393 e. The molecule has 1 fully saturated rings. The van der Waals surface area contributed by atoms with E-state index in [1.807, 2.05) is 6.92 Å². The fourth-order valence-corrected chi connectivity index (χ4v) is 1.44. The van der Waals surface area contributed by atoms with Gasteiger partial charge in [-0.25, -0.2) is 0 Å². The third kappa shape index (κ3) is 15.3. The molecule has 1 heterocycles. The van der Waals surface area contributed by atoms with E-state index in [1.54, 1.807) is 0 Å². The summed E-state index contributed by atoms with van der Waals surface area (Å²) in [6, 6.07) is 0. The van der Waals surface area contributed by atoms with E-state index in [0.717, 1.165) is 25.9 Å². The fourth-order valence-electron chi connectivity index (χ4n) is 1.44. The highest BCUT2D eigenvalue weighted by atomic mass is 16.3. The van der Waals surface area contributed by atoms with E-state index in [0.29, 0.717) is 5.92 Å². The molecule has 1 rings (SSSR count). The van der Waals surface area contributed by atoms with E-state index in [9.17, 15) is 0 Å². The third-order valence-electron chi connectivity index (χ3n) is 3.26. The topological polar surface area (TPSA) is 32.3 Å². The summed E-state index contributed by atoms with van der Waals surface area (Å²) in [5.41, 5.74) is 1.47. The summed E-state index contributed by atoms with van der Waals surface area (Å²) in [6.45, 7) is 14.5. The molecule has 0 aliphatic carbocycles. The first kappa shape index (κ1) is 20.7. The lowest BCUT2D eigenvalue weighted by molar-refractivity contribution is 0.0882. The lowest BCUT2D eigenvalue weighted by atomic mass is 9.99. The van der Waals surface area contributed by atoms with Gasteiger partial charge >= 0.3 is 0 Å². The molecule has 1 aliphatic rings. The van der Waals surface area contributed by atoms with Gasteiger partial charge in [-0.15, -0.1) is 0 Å². The van der Waals surface area contributed by atoms with E-state index < -0.39 is 0 Å². The zero-order valence-electron chi connectivity index (χ0n) is 13.9. The highest BCUT2D eigenvalue weighted by Crippen LogP contribution is 2.08. The quantitative estimate of drug-likeness (QED) is 0.732. The Bertz CT molecular complexity index is 223. The number of hydrogen-bond acceptors (Lipinski definition) is 2. The Morgan fingerprint density at radius 2 is 1.95 bits per heavy atom. The van der Waals surface area contributed by atoms with Crippen LogP contribution in [0.5, 0.6) is 0 Å². The van der Waals surface area contributed by atoms with Crippen molar-refractivity contribution in [3.63, 3.8) is 0 Å². The second-order valence-corrected chi connectivity index (χ2v) is 5.00. The maximum absolute atomic E-state index is 9.14. The molecule has 2 heteroatoms. The van der Waals surface area contributed by atoms with Crippen molar-refractivity contribution in [3.05, 3.63) is 23.8 Å². The molecule has 0 aromatic carbocycles. The van der Waals surface area contributed by atoms with Crippen molar-refractivity contribution >= 4 is 0 Å². The molecule has 0 saturated carbocycles. The minimum absolute atomic E-state index is 0.0590. The summed E-state index contributed by atoms with van der Waals surface area (Å²) >= 11 is 0. The SMILES string of the molecule is C/C=C(/C)CC.C/C=C\CC.CC1CNCCC1O. The van der Waals surface area contributed by atoms with Gasteiger partial charge in [-0.1, -0.05) is 44.6 Å². The van der Waals surface area contributed by atoms with Crippen molar-refractivity contribution in [1.29, 1.82) is 0 Å². The van der Waals surface area contributed by atoms with Gasteiger partial charge in [0.15, 0.2) is 0 Å². The van der Waals surface area contributed by atoms with Crippen LogP contribution in [0.15, 0.2) is 23.8 Å². The smallest absolute Gasteiger partial charge is 0.0590 e. The van der Waals surface area contributed by atoms with Crippen molar-refractivity contribution in [2.45, 2.75) is 66.9 Å². The molecule has 0 aromatic heterocycles. The molecular weight excluding hydrogens is 234 g/mol. The molecule has 2 N–H and O–H groups in total. The average Bonchev–Trinajstić information content (AvgIpc) is 2.43. The highest BCUT2D eigenvalue weighted by molar-refractivity contribution is 4.93. The van der Waals surface area contributed by atoms with E-state index in [4.69, 9.17) is 5.11 Å². The van der Waals surface area contributed by atoms with E-state index >= 15 is 0 Å². The Morgan fingerprint density at radius 3 is 2.11 bits per heavy atom. The second-order valence-electron chi connectivity index (χ2n) is 5.00. The Balaban J connectivity index is 0. The Hall–Kier alpha value is -0.600. The summed E-state index contributed by atoms with van der Waals surface area (Å²) in [6.07, 6.45) is 9.53. The van der Waals surface area contributed by atoms with Gasteiger partial charge in [0.25, 0.3) is 0 Å². The molecule has 1 aliphatic heterocycles. The number of hydrogen-bond donors (Lipinski definition) is 2. The van der Waals surface area contributed by atoms with Crippen molar-refractivity contribution in [1.82, 2.24) is 5.32 Å². The molecule has 0 aromatic rings. The molecule has 2 unspecified atom stereocenters. The number of rotatable bonds is 2. The zero-order chi connectivity index (χ0) is 15.1. The van der Waals surface area contributed by atoms with Crippen LogP contribution in [0.4, 0.5) is 0 Å². The first-order valence-corrected chi connectivity index (χ1v) is 7.65. The van der Waals surface area contributed by atoms with E-state index in [-0.39, 0.29) is 6.10 Å². The molecular formula is C17H35NO. The van der Waals surface area contributed by atoms with Gasteiger partial charge in [0, 0.05) is 6.54 Å². The summed E-state index contributed by atoms with van der Waals surface area (Å²) in [5.74, 6) is 0.448. The predicted molar refractivity (Wildman–Crippen MR) is 87.5 cm³/mol. The molecule has 114 valence electrons. The van der Waals surface area contributed by atoms with Crippen LogP contribution in [0.2, 0.25) is 0 Å². The number of aliphatic hydroxyl groups is 1. The molecule has 0 radical (unpaired) electrons. The maximum atomic E-state index is 9.14. The van der Waals surface area contributed by atoms with E-state index in [2.05, 4.69) is 58.2 Å². The van der Waals surface area contributed by atoms with Gasteiger partial charge in [0.1, 0.15) is 0 Å². The first-order chi connectivity index (χ1) is 9.03. The summed E-state index contributed by atoms with van der Waals surface area (Å²) in [7, 11) is 0. The van der Waals surface area contributed by atoms with Gasteiger partial charge in [-0.2, -0.15) is 0 Å². The van der Waals surface area contributed by atoms with Crippen LogP contribution < -0.4 is 5.32 Å². The molecule has 2 nitrogen and oxygen atoms in total. The van der Waals surface area contributed by atoms with Crippen molar-refractivity contribution in [2.24, 2.45) is 5.92 Å². The van der Waals surface area contributed by atoms with Crippen LogP contribution in [-0.2, 0) is 0 Å². The highest BCUT2D eigenvalue weighted by Gasteiger charge is 2.16.